The van der Waals surface area contributed by atoms with Gasteiger partial charge in [0.25, 0.3) is 0 Å². The predicted molar refractivity (Wildman–Crippen MR) is 125 cm³/mol. The van der Waals surface area contributed by atoms with Gasteiger partial charge in [-0.2, -0.15) is 0 Å². The van der Waals surface area contributed by atoms with Crippen LogP contribution in [0.4, 0.5) is 0 Å². The van der Waals surface area contributed by atoms with Crippen molar-refractivity contribution in [1.29, 1.82) is 0 Å². The van der Waals surface area contributed by atoms with Crippen molar-refractivity contribution in [1.82, 2.24) is 4.90 Å². The SMILES string of the molecule is COc1ccc2c3c1O[C@H]1[C@@H](O)C=C[C@@]4(OC(=O)Cc5ccccc5)[C@@H](C2)N(C)CC[C@]314.Cl. The molecule has 2 aromatic carbocycles. The molecule has 6 rings (SSSR count). The zero-order valence-electron chi connectivity index (χ0n) is 18.7. The van der Waals surface area contributed by atoms with Crippen molar-refractivity contribution in [2.45, 2.75) is 48.5 Å². The van der Waals surface area contributed by atoms with E-state index in [0.717, 1.165) is 30.5 Å². The number of halogens is 1. The van der Waals surface area contributed by atoms with Crippen LogP contribution in [-0.2, 0) is 27.8 Å². The van der Waals surface area contributed by atoms with Gasteiger partial charge >= 0.3 is 5.97 Å². The Balaban J connectivity index is 0.00000228. The number of likely N-dealkylation sites (N-methyl/N-ethyl adjacent to an activating group) is 1. The smallest absolute Gasteiger partial charge is 0.311 e. The molecule has 1 saturated heterocycles. The van der Waals surface area contributed by atoms with Crippen LogP contribution in [0.25, 0.3) is 0 Å². The summed E-state index contributed by atoms with van der Waals surface area (Å²) in [6.45, 7) is 0.833. The standard InChI is InChI=1S/C26H27NO5.ClH/c1-27-13-12-25-22-17-8-9-19(30-2)23(22)31-24(25)18(28)10-11-26(25,20(27)15-17)32-21(29)14-16-6-4-3-5-7-16;/h3-11,18,20,24,28H,12-15H2,1-2H3;1H/t18-,20+,24-,25-,26+;/m0./s1. The number of methoxy groups -OCH3 is 1. The molecule has 0 unspecified atom stereocenters. The van der Waals surface area contributed by atoms with Crippen molar-refractivity contribution in [3.63, 3.8) is 0 Å². The quantitative estimate of drug-likeness (QED) is 0.548. The van der Waals surface area contributed by atoms with Crippen molar-refractivity contribution in [2.24, 2.45) is 0 Å². The zero-order valence-corrected chi connectivity index (χ0v) is 19.5. The molecule has 6 nitrogen and oxygen atoms in total. The van der Waals surface area contributed by atoms with E-state index in [4.69, 9.17) is 14.2 Å². The van der Waals surface area contributed by atoms with Crippen LogP contribution in [0.15, 0.2) is 54.6 Å². The number of aliphatic hydroxyl groups excluding tert-OH is 1. The number of ether oxygens (including phenoxy) is 3. The Bertz CT molecular complexity index is 1120. The van der Waals surface area contributed by atoms with Gasteiger partial charge in [0.05, 0.1) is 25.0 Å². The zero-order chi connectivity index (χ0) is 22.1. The fourth-order valence-corrected chi connectivity index (χ4v) is 6.58. The van der Waals surface area contributed by atoms with Crippen LogP contribution in [0.2, 0.25) is 0 Å². The summed E-state index contributed by atoms with van der Waals surface area (Å²) in [6, 6.07) is 13.6. The van der Waals surface area contributed by atoms with Gasteiger partial charge in [-0.05, 0) is 49.7 Å². The number of hydrogen-bond donors (Lipinski definition) is 1. The molecule has 2 bridgehead atoms. The van der Waals surface area contributed by atoms with Crippen molar-refractivity contribution in [2.75, 3.05) is 20.7 Å². The molecule has 33 heavy (non-hydrogen) atoms. The Morgan fingerprint density at radius 2 is 2.03 bits per heavy atom. The van der Waals surface area contributed by atoms with Gasteiger partial charge in [-0.25, -0.2) is 0 Å². The summed E-state index contributed by atoms with van der Waals surface area (Å²) in [5.74, 6) is 1.07. The Kier molecular flexibility index (Phi) is 5.23. The van der Waals surface area contributed by atoms with Crippen molar-refractivity contribution in [3.05, 3.63) is 71.3 Å². The molecule has 0 saturated carbocycles. The lowest BCUT2D eigenvalue weighted by Crippen LogP contribution is -2.76. The molecule has 0 radical (unpaired) electrons. The summed E-state index contributed by atoms with van der Waals surface area (Å²) in [7, 11) is 3.72. The minimum Gasteiger partial charge on any atom is -0.493 e. The van der Waals surface area contributed by atoms with E-state index in [-0.39, 0.29) is 30.8 Å². The molecule has 174 valence electrons. The number of rotatable bonds is 4. The van der Waals surface area contributed by atoms with E-state index in [1.54, 1.807) is 13.2 Å². The first kappa shape index (κ1) is 22.3. The van der Waals surface area contributed by atoms with Gasteiger partial charge in [0.15, 0.2) is 17.1 Å². The first-order valence-corrected chi connectivity index (χ1v) is 11.2. The molecule has 5 atom stereocenters. The summed E-state index contributed by atoms with van der Waals surface area (Å²) in [6.07, 6.45) is 4.03. The Morgan fingerprint density at radius 1 is 1.24 bits per heavy atom. The molecule has 2 aromatic rings. The number of carbonyl (C=O) groups is 1. The molecule has 2 heterocycles. The molecule has 2 aliphatic heterocycles. The molecular weight excluding hydrogens is 442 g/mol. The largest absolute Gasteiger partial charge is 0.493 e. The molecule has 2 aliphatic carbocycles. The Morgan fingerprint density at radius 3 is 2.79 bits per heavy atom. The summed E-state index contributed by atoms with van der Waals surface area (Å²) < 4.78 is 18.6. The maximum absolute atomic E-state index is 13.3. The lowest BCUT2D eigenvalue weighted by molar-refractivity contribution is -0.194. The van der Waals surface area contributed by atoms with E-state index in [9.17, 15) is 9.90 Å². The monoisotopic (exact) mass is 469 g/mol. The second kappa shape index (κ2) is 7.76. The Labute approximate surface area is 199 Å². The van der Waals surface area contributed by atoms with Gasteiger partial charge in [0.1, 0.15) is 12.2 Å². The van der Waals surface area contributed by atoms with Gasteiger partial charge in [-0.1, -0.05) is 42.5 Å². The maximum atomic E-state index is 13.3. The van der Waals surface area contributed by atoms with Crippen LogP contribution in [0, 0.1) is 0 Å². The van der Waals surface area contributed by atoms with Crippen LogP contribution in [0.1, 0.15) is 23.1 Å². The summed E-state index contributed by atoms with van der Waals surface area (Å²) >= 11 is 0. The average Bonchev–Trinajstić information content (AvgIpc) is 3.15. The van der Waals surface area contributed by atoms with Crippen molar-refractivity contribution < 1.29 is 24.1 Å². The Hall–Kier alpha value is -2.54. The van der Waals surface area contributed by atoms with Crippen LogP contribution >= 0.6 is 12.4 Å². The van der Waals surface area contributed by atoms with E-state index >= 15 is 0 Å². The second-order valence-corrected chi connectivity index (χ2v) is 9.37. The van der Waals surface area contributed by atoms with Crippen LogP contribution in [0.5, 0.6) is 11.5 Å². The summed E-state index contributed by atoms with van der Waals surface area (Å²) in [5.41, 5.74) is 1.57. The van der Waals surface area contributed by atoms with Gasteiger partial charge < -0.3 is 19.3 Å². The first-order valence-electron chi connectivity index (χ1n) is 11.2. The number of benzene rings is 2. The number of hydrogen-bond acceptors (Lipinski definition) is 6. The van der Waals surface area contributed by atoms with E-state index in [0.29, 0.717) is 11.5 Å². The minimum atomic E-state index is -0.916. The molecule has 1 N–H and O–H groups in total. The van der Waals surface area contributed by atoms with Crippen LogP contribution in [-0.4, -0.2) is 60.5 Å². The van der Waals surface area contributed by atoms with Gasteiger partial charge in [-0.3, -0.25) is 9.69 Å². The molecule has 4 aliphatic rings. The number of carbonyl (C=O) groups excluding carboxylic acids is 1. The molecular formula is C26H28ClNO5. The van der Waals surface area contributed by atoms with Gasteiger partial charge in [0, 0.05) is 5.56 Å². The third-order valence-electron chi connectivity index (χ3n) is 7.93. The number of esters is 1. The fourth-order valence-electron chi connectivity index (χ4n) is 6.58. The van der Waals surface area contributed by atoms with Crippen molar-refractivity contribution >= 4 is 18.4 Å². The summed E-state index contributed by atoms with van der Waals surface area (Å²) in [4.78, 5) is 15.6. The molecule has 0 aromatic heterocycles. The van der Waals surface area contributed by atoms with Crippen LogP contribution in [0.3, 0.4) is 0 Å². The van der Waals surface area contributed by atoms with E-state index in [2.05, 4.69) is 18.0 Å². The van der Waals surface area contributed by atoms with Crippen molar-refractivity contribution in [3.8, 4) is 11.5 Å². The highest BCUT2D eigenvalue weighted by molar-refractivity contribution is 5.85. The number of piperidine rings is 1. The third kappa shape index (κ3) is 2.84. The molecule has 7 heteroatoms. The van der Waals surface area contributed by atoms with Crippen LogP contribution < -0.4 is 9.47 Å². The molecule has 1 spiro atoms. The predicted octanol–water partition coefficient (Wildman–Crippen LogP) is 2.83. The molecule has 0 amide bonds. The lowest BCUT2D eigenvalue weighted by Gasteiger charge is -2.62. The number of nitrogens with zero attached hydrogens (tertiary/aromatic N) is 1. The fraction of sp³-hybridized carbons (Fsp3) is 0.423. The average molecular weight is 470 g/mol. The topological polar surface area (TPSA) is 68.2 Å². The number of likely N-dealkylation sites (tertiary alicyclic amines) is 1. The van der Waals surface area contributed by atoms with Gasteiger partial charge in [0.2, 0.25) is 0 Å². The van der Waals surface area contributed by atoms with E-state index < -0.39 is 23.2 Å². The van der Waals surface area contributed by atoms with E-state index in [1.807, 2.05) is 42.5 Å². The minimum absolute atomic E-state index is 0. The third-order valence-corrected chi connectivity index (χ3v) is 7.93. The highest BCUT2D eigenvalue weighted by Crippen LogP contribution is 2.65. The van der Waals surface area contributed by atoms with Gasteiger partial charge in [-0.15, -0.1) is 12.4 Å². The lowest BCUT2D eigenvalue weighted by atomic mass is 9.50. The normalized spacial score (nSPS) is 32.9. The highest BCUT2D eigenvalue weighted by atomic mass is 35.5. The second-order valence-electron chi connectivity index (χ2n) is 9.37. The number of aliphatic hydroxyl groups is 1. The highest BCUT2D eigenvalue weighted by Gasteiger charge is 2.73. The maximum Gasteiger partial charge on any atom is 0.311 e. The summed E-state index contributed by atoms with van der Waals surface area (Å²) in [5, 5.41) is 11.0. The molecule has 1 fully saturated rings. The first-order chi connectivity index (χ1) is 15.5. The van der Waals surface area contributed by atoms with E-state index in [1.165, 1.54) is 5.56 Å².